The third-order valence-corrected chi connectivity index (χ3v) is 13.7. The van der Waals surface area contributed by atoms with Gasteiger partial charge >= 0.3 is 11.9 Å². The fourth-order valence-corrected chi connectivity index (χ4v) is 11.5. The number of aryl methyl sites for hydroxylation is 2. The van der Waals surface area contributed by atoms with Gasteiger partial charge in [-0.3, -0.25) is 19.2 Å². The molecular weight excluding hydrogens is 677 g/mol. The van der Waals surface area contributed by atoms with E-state index in [2.05, 4.69) is 9.97 Å². The molecule has 1 aliphatic heterocycles. The molecule has 1 spiro atoms. The van der Waals surface area contributed by atoms with Gasteiger partial charge in [0, 0.05) is 80.1 Å². The molecule has 4 aliphatic carbocycles. The van der Waals surface area contributed by atoms with E-state index in [4.69, 9.17) is 32.7 Å². The third-order valence-electron chi connectivity index (χ3n) is 13.0. The molecular formula is C39H39Cl2N3O6. The van der Waals surface area contributed by atoms with E-state index in [1.165, 1.54) is 13.8 Å². The second kappa shape index (κ2) is 10.6. The van der Waals surface area contributed by atoms with Gasteiger partial charge in [0.1, 0.15) is 5.78 Å². The number of benzene rings is 2. The first kappa shape index (κ1) is 32.1. The average molecular weight is 717 g/mol. The van der Waals surface area contributed by atoms with Crippen molar-refractivity contribution in [2.24, 2.45) is 16.2 Å². The van der Waals surface area contributed by atoms with Crippen LogP contribution >= 0.6 is 23.2 Å². The summed E-state index contributed by atoms with van der Waals surface area (Å²) in [7, 11) is 0. The number of esters is 2. The molecule has 4 aromatic rings. The molecule has 260 valence electrons. The Morgan fingerprint density at radius 1 is 0.840 bits per heavy atom. The highest BCUT2D eigenvalue weighted by Crippen LogP contribution is 3.01. The maximum absolute atomic E-state index is 14.5. The zero-order valence-electron chi connectivity index (χ0n) is 28.6. The zero-order chi connectivity index (χ0) is 35.1. The van der Waals surface area contributed by atoms with Crippen LogP contribution < -0.4 is 14.4 Å². The molecule has 0 saturated heterocycles. The van der Waals surface area contributed by atoms with Crippen LogP contribution in [-0.4, -0.2) is 51.9 Å². The summed E-state index contributed by atoms with van der Waals surface area (Å²) < 4.78 is 11.2. The summed E-state index contributed by atoms with van der Waals surface area (Å²) >= 11 is 13.0. The maximum atomic E-state index is 14.5. The van der Waals surface area contributed by atoms with Crippen LogP contribution in [0.1, 0.15) is 97.9 Å². The second-order valence-electron chi connectivity index (χ2n) is 15.8. The van der Waals surface area contributed by atoms with E-state index in [0.29, 0.717) is 42.6 Å². The molecule has 6 atom stereocenters. The topological polar surface area (TPSA) is 122 Å². The van der Waals surface area contributed by atoms with Crippen LogP contribution in [0.5, 0.6) is 11.5 Å². The zero-order valence-corrected chi connectivity index (χ0v) is 30.1. The first-order valence-electron chi connectivity index (χ1n) is 17.5. The lowest BCUT2D eigenvalue weighted by atomic mass is 9.70. The van der Waals surface area contributed by atoms with Crippen LogP contribution in [-0.2, 0) is 19.2 Å². The molecule has 9 rings (SSSR count). The van der Waals surface area contributed by atoms with E-state index >= 15 is 0 Å². The van der Waals surface area contributed by atoms with Crippen molar-refractivity contribution < 1.29 is 28.7 Å². The molecule has 2 N–H and O–H groups in total. The van der Waals surface area contributed by atoms with Crippen molar-refractivity contribution in [3.05, 3.63) is 52.3 Å². The second-order valence-corrected chi connectivity index (χ2v) is 16.4. The minimum Gasteiger partial charge on any atom is -0.424 e. The van der Waals surface area contributed by atoms with Gasteiger partial charge in [0.2, 0.25) is 5.91 Å². The molecule has 0 radical (unpaired) electrons. The molecule has 0 bridgehead atoms. The van der Waals surface area contributed by atoms with Crippen LogP contribution in [0, 0.1) is 30.1 Å². The lowest BCUT2D eigenvalue weighted by Gasteiger charge is -2.36. The number of amides is 1. The minimum atomic E-state index is -0.449. The predicted molar refractivity (Wildman–Crippen MR) is 191 cm³/mol. The van der Waals surface area contributed by atoms with Crippen molar-refractivity contribution in [1.29, 1.82) is 0 Å². The standard InChI is InChI=1S/C39H39Cl2N3O6/c1-18-12-42-34-28(49-20(3)45)7-26-22(5-23(10-40)32(26)30(18)34)6-25(47)9-37-15-38(17-39(37,38)16-37)36(48)44-14-24(11-41)33-27(44)8-29(50-21(4)46)35-31(33)19(2)13-43-35/h7-8,12-13,22-24,42-43H,5-6,9-11,14-17H2,1-4H3/t22?,23-,24?,37?,38?,39?/m0/s1. The molecule has 5 unspecified atom stereocenters. The fraction of sp³-hybridized carbons (Fsp3) is 0.487. The van der Waals surface area contributed by atoms with Crippen LogP contribution in [0.25, 0.3) is 21.8 Å². The summed E-state index contributed by atoms with van der Waals surface area (Å²) in [4.78, 5) is 60.8. The van der Waals surface area contributed by atoms with Crippen LogP contribution in [0.3, 0.4) is 0 Å². The van der Waals surface area contributed by atoms with Gasteiger partial charge in [-0.15, -0.1) is 23.2 Å². The molecule has 2 aromatic heterocycles. The molecule has 1 amide bonds. The number of hydrogen-bond acceptors (Lipinski definition) is 6. The van der Waals surface area contributed by atoms with Gasteiger partial charge in [0.25, 0.3) is 0 Å². The fourth-order valence-electron chi connectivity index (χ4n) is 11.0. The Hall–Kier alpha value is -3.82. The number of ether oxygens (including phenoxy) is 2. The monoisotopic (exact) mass is 715 g/mol. The Balaban J connectivity index is 0.953. The number of carbonyl (C=O) groups is 4. The Kier molecular flexibility index (Phi) is 6.81. The van der Waals surface area contributed by atoms with E-state index in [1.54, 1.807) is 0 Å². The number of fused-ring (bicyclic) bond motifs is 6. The number of anilines is 1. The summed E-state index contributed by atoms with van der Waals surface area (Å²) in [6, 6.07) is 3.75. The maximum Gasteiger partial charge on any atom is 0.308 e. The van der Waals surface area contributed by atoms with Crippen molar-refractivity contribution in [3.63, 3.8) is 0 Å². The number of rotatable bonds is 9. The Labute approximate surface area is 299 Å². The van der Waals surface area contributed by atoms with Gasteiger partial charge in [-0.25, -0.2) is 0 Å². The lowest BCUT2D eigenvalue weighted by Crippen LogP contribution is -2.44. The number of Topliss-reactive ketones (excluding diaryl/α,β-unsaturated/α-hetero) is 1. The van der Waals surface area contributed by atoms with Crippen molar-refractivity contribution in [1.82, 2.24) is 9.97 Å². The summed E-state index contributed by atoms with van der Waals surface area (Å²) in [6.45, 7) is 7.28. The van der Waals surface area contributed by atoms with Crippen molar-refractivity contribution in [3.8, 4) is 11.5 Å². The number of halogens is 2. The number of H-pyrrole nitrogens is 2. The van der Waals surface area contributed by atoms with Crippen molar-refractivity contribution in [2.45, 2.75) is 84.0 Å². The molecule has 3 saturated carbocycles. The molecule has 5 aliphatic rings. The number of carbonyl (C=O) groups excluding carboxylic acids is 4. The minimum absolute atomic E-state index is 0.0141. The number of hydrogen-bond donors (Lipinski definition) is 2. The van der Waals surface area contributed by atoms with Gasteiger partial charge in [-0.05, 0) is 96.1 Å². The van der Waals surface area contributed by atoms with E-state index in [1.807, 2.05) is 43.3 Å². The molecule has 50 heavy (non-hydrogen) atoms. The Bertz CT molecular complexity index is 2220. The molecule has 3 heterocycles. The SMILES string of the molecule is CC(=O)Oc1cc2c(c3c(C)c[nH]c13)C(CCl)CN2C(=O)C12CC3(CC(=O)CC4C[C@@H](CCl)c5c4cc(OC(C)=O)c4[nH]cc(C)c54)CC31C2. The number of aromatic amines is 2. The van der Waals surface area contributed by atoms with E-state index < -0.39 is 17.4 Å². The summed E-state index contributed by atoms with van der Waals surface area (Å²) in [5.41, 5.74) is 6.92. The molecule has 3 fully saturated rings. The van der Waals surface area contributed by atoms with Gasteiger partial charge in [-0.2, -0.15) is 0 Å². The number of aromatic nitrogens is 2. The Morgan fingerprint density at radius 2 is 1.46 bits per heavy atom. The number of nitrogens with zero attached hydrogens (tertiary/aromatic N) is 1. The van der Waals surface area contributed by atoms with Gasteiger partial charge in [-0.1, -0.05) is 0 Å². The highest BCUT2D eigenvalue weighted by atomic mass is 35.5. The van der Waals surface area contributed by atoms with Gasteiger partial charge < -0.3 is 24.3 Å². The Morgan fingerprint density at radius 3 is 2.06 bits per heavy atom. The predicted octanol–water partition coefficient (Wildman–Crippen LogP) is 7.82. The summed E-state index contributed by atoms with van der Waals surface area (Å²) in [5, 5.41) is 1.99. The van der Waals surface area contributed by atoms with Gasteiger partial charge in [0.05, 0.1) is 22.1 Å². The molecule has 9 nitrogen and oxygen atoms in total. The van der Waals surface area contributed by atoms with Crippen molar-refractivity contribution >= 4 is 74.3 Å². The van der Waals surface area contributed by atoms with E-state index in [-0.39, 0.29) is 40.3 Å². The van der Waals surface area contributed by atoms with Crippen molar-refractivity contribution in [2.75, 3.05) is 23.2 Å². The molecule has 2 aromatic carbocycles. The normalized spacial score (nSPS) is 29.6. The van der Waals surface area contributed by atoms with Crippen LogP contribution in [0.15, 0.2) is 24.5 Å². The summed E-state index contributed by atoms with van der Waals surface area (Å²) in [5.74, 6) is 1.26. The smallest absolute Gasteiger partial charge is 0.308 e. The lowest BCUT2D eigenvalue weighted by molar-refractivity contribution is -0.132. The largest absolute Gasteiger partial charge is 0.424 e. The van der Waals surface area contributed by atoms with E-state index in [0.717, 1.165) is 81.0 Å². The average Bonchev–Trinajstić information content (AvgIpc) is 3.46. The quantitative estimate of drug-likeness (QED) is 0.104. The first-order chi connectivity index (χ1) is 23.9. The van der Waals surface area contributed by atoms with Gasteiger partial charge in [0.15, 0.2) is 11.5 Å². The highest BCUT2D eigenvalue weighted by Gasteiger charge is 2.98. The third kappa shape index (κ3) is 4.13. The molecule has 11 heteroatoms. The van der Waals surface area contributed by atoms with Crippen LogP contribution in [0.4, 0.5) is 5.69 Å². The van der Waals surface area contributed by atoms with E-state index in [9.17, 15) is 19.2 Å². The summed E-state index contributed by atoms with van der Waals surface area (Å²) in [6.07, 6.45) is 7.88. The number of ketones is 1. The highest BCUT2D eigenvalue weighted by molar-refractivity contribution is 6.19. The number of nitrogens with one attached hydrogen (secondary N) is 2. The first-order valence-corrected chi connectivity index (χ1v) is 18.6. The number of alkyl halides is 2. The van der Waals surface area contributed by atoms with Crippen LogP contribution in [0.2, 0.25) is 0 Å².